The van der Waals surface area contributed by atoms with Crippen LogP contribution in [-0.4, -0.2) is 30.5 Å². The SMILES string of the molecule is COC1=CC2NC3=C(CCN(C(=O)CCc4ccccc4)C3c3ccc(C)cc3)C2C=C1. The average molecular weight is 427 g/mol. The van der Waals surface area contributed by atoms with Crippen molar-refractivity contribution < 1.29 is 9.53 Å². The molecule has 3 aliphatic rings. The van der Waals surface area contributed by atoms with Crippen molar-refractivity contribution in [2.75, 3.05) is 13.7 Å². The second-order valence-electron chi connectivity index (χ2n) is 8.90. The number of hydrogen-bond acceptors (Lipinski definition) is 3. The molecule has 0 radical (unpaired) electrons. The molecule has 2 aliphatic heterocycles. The number of nitrogens with zero attached hydrogens (tertiary/aromatic N) is 1. The third kappa shape index (κ3) is 3.86. The predicted molar refractivity (Wildman–Crippen MR) is 127 cm³/mol. The van der Waals surface area contributed by atoms with Crippen molar-refractivity contribution >= 4 is 5.91 Å². The molecule has 1 aliphatic carbocycles. The van der Waals surface area contributed by atoms with Crippen LogP contribution < -0.4 is 5.32 Å². The van der Waals surface area contributed by atoms with Gasteiger partial charge in [0.2, 0.25) is 5.91 Å². The van der Waals surface area contributed by atoms with Gasteiger partial charge in [0.05, 0.1) is 19.2 Å². The predicted octanol–water partition coefficient (Wildman–Crippen LogP) is 4.84. The van der Waals surface area contributed by atoms with Gasteiger partial charge < -0.3 is 15.0 Å². The Hall–Kier alpha value is -3.27. The number of benzene rings is 2. The number of nitrogens with one attached hydrogen (secondary N) is 1. The molecule has 4 heteroatoms. The van der Waals surface area contributed by atoms with Gasteiger partial charge in [0.25, 0.3) is 0 Å². The lowest BCUT2D eigenvalue weighted by Gasteiger charge is -2.38. The highest BCUT2D eigenvalue weighted by atomic mass is 16.5. The van der Waals surface area contributed by atoms with Gasteiger partial charge in [-0.1, -0.05) is 66.2 Å². The van der Waals surface area contributed by atoms with E-state index in [0.717, 1.165) is 25.1 Å². The van der Waals surface area contributed by atoms with Crippen LogP contribution in [0.1, 0.15) is 35.6 Å². The lowest BCUT2D eigenvalue weighted by atomic mass is 9.84. The monoisotopic (exact) mass is 426 g/mol. The Morgan fingerprint density at radius 1 is 1.12 bits per heavy atom. The number of hydrogen-bond donors (Lipinski definition) is 1. The van der Waals surface area contributed by atoms with Gasteiger partial charge >= 0.3 is 0 Å². The third-order valence-corrected chi connectivity index (χ3v) is 6.90. The summed E-state index contributed by atoms with van der Waals surface area (Å²) >= 11 is 0. The molecule has 164 valence electrons. The van der Waals surface area contributed by atoms with E-state index in [9.17, 15) is 4.79 Å². The highest BCUT2D eigenvalue weighted by molar-refractivity contribution is 5.78. The summed E-state index contributed by atoms with van der Waals surface area (Å²) in [5, 5.41) is 3.76. The molecule has 1 N–H and O–H groups in total. The average Bonchev–Trinajstić information content (AvgIpc) is 3.21. The molecule has 4 nitrogen and oxygen atoms in total. The van der Waals surface area contributed by atoms with Crippen molar-refractivity contribution in [3.8, 4) is 0 Å². The summed E-state index contributed by atoms with van der Waals surface area (Å²) in [6.45, 7) is 2.85. The maximum Gasteiger partial charge on any atom is 0.223 e. The number of fused-ring (bicyclic) bond motifs is 2. The van der Waals surface area contributed by atoms with Gasteiger partial charge in [0.1, 0.15) is 5.76 Å². The molecule has 32 heavy (non-hydrogen) atoms. The van der Waals surface area contributed by atoms with E-state index in [0.29, 0.717) is 12.3 Å². The number of aryl methyl sites for hydroxylation is 2. The molecule has 3 unspecified atom stereocenters. The van der Waals surface area contributed by atoms with Crippen LogP contribution in [0.3, 0.4) is 0 Å². The zero-order valence-corrected chi connectivity index (χ0v) is 18.8. The second-order valence-corrected chi connectivity index (χ2v) is 8.90. The van der Waals surface area contributed by atoms with Gasteiger partial charge in [0, 0.05) is 24.6 Å². The van der Waals surface area contributed by atoms with Gasteiger partial charge in [-0.3, -0.25) is 4.79 Å². The summed E-state index contributed by atoms with van der Waals surface area (Å²) in [5.74, 6) is 1.44. The fourth-order valence-corrected chi connectivity index (χ4v) is 5.19. The molecular formula is C28H30N2O2. The smallest absolute Gasteiger partial charge is 0.223 e. The Morgan fingerprint density at radius 3 is 2.66 bits per heavy atom. The first-order chi connectivity index (χ1) is 15.6. The van der Waals surface area contributed by atoms with E-state index in [1.807, 2.05) is 18.2 Å². The lowest BCUT2D eigenvalue weighted by molar-refractivity contribution is -0.133. The zero-order valence-electron chi connectivity index (χ0n) is 18.8. The fraction of sp³-hybridized carbons (Fsp3) is 0.321. The van der Waals surface area contributed by atoms with E-state index in [2.05, 4.69) is 71.8 Å². The number of allylic oxidation sites excluding steroid dienone is 1. The van der Waals surface area contributed by atoms with E-state index in [1.54, 1.807) is 7.11 Å². The molecule has 2 heterocycles. The summed E-state index contributed by atoms with van der Waals surface area (Å²) in [7, 11) is 1.71. The first kappa shape index (κ1) is 20.6. The summed E-state index contributed by atoms with van der Waals surface area (Å²) in [4.78, 5) is 15.5. The molecule has 0 spiro atoms. The van der Waals surface area contributed by atoms with Crippen molar-refractivity contribution in [2.24, 2.45) is 5.92 Å². The van der Waals surface area contributed by atoms with E-state index in [-0.39, 0.29) is 18.0 Å². The summed E-state index contributed by atoms with van der Waals surface area (Å²) in [5.41, 5.74) is 6.22. The first-order valence-electron chi connectivity index (χ1n) is 11.5. The third-order valence-electron chi connectivity index (χ3n) is 6.90. The Morgan fingerprint density at radius 2 is 1.91 bits per heavy atom. The quantitative estimate of drug-likeness (QED) is 0.744. The maximum absolute atomic E-state index is 13.5. The van der Waals surface area contributed by atoms with Crippen molar-refractivity contribution in [1.82, 2.24) is 10.2 Å². The van der Waals surface area contributed by atoms with Crippen LogP contribution in [0.4, 0.5) is 0 Å². The van der Waals surface area contributed by atoms with Crippen LogP contribution in [0.25, 0.3) is 0 Å². The lowest BCUT2D eigenvalue weighted by Crippen LogP contribution is -2.42. The topological polar surface area (TPSA) is 41.6 Å². The number of carbonyl (C=O) groups is 1. The van der Waals surface area contributed by atoms with Gasteiger partial charge in [0.15, 0.2) is 0 Å². The molecule has 0 fully saturated rings. The molecule has 0 saturated heterocycles. The maximum atomic E-state index is 13.5. The first-order valence-corrected chi connectivity index (χ1v) is 11.5. The largest absolute Gasteiger partial charge is 0.497 e. The van der Waals surface area contributed by atoms with Crippen molar-refractivity contribution in [2.45, 2.75) is 38.3 Å². The number of rotatable bonds is 5. The Labute approximate surface area is 190 Å². The van der Waals surface area contributed by atoms with Crippen LogP contribution in [0.2, 0.25) is 0 Å². The van der Waals surface area contributed by atoms with E-state index in [4.69, 9.17) is 4.74 Å². The molecule has 1 amide bonds. The standard InChI is InChI=1S/C28H30N2O2/c1-19-8-11-21(12-9-19)28-27-24(23-14-13-22(32-2)18-25(23)29-27)16-17-30(28)26(31)15-10-20-6-4-3-5-7-20/h3-9,11-14,18,23,25,28-29H,10,15-17H2,1-2H3. The van der Waals surface area contributed by atoms with Crippen LogP contribution in [0.15, 0.2) is 89.9 Å². The number of ether oxygens (including phenoxy) is 1. The molecule has 5 rings (SSSR count). The number of amides is 1. The van der Waals surface area contributed by atoms with Gasteiger partial charge in [-0.05, 0) is 48.6 Å². The normalized spacial score (nSPS) is 23.9. The fourth-order valence-electron chi connectivity index (χ4n) is 5.19. The molecule has 2 aromatic rings. The van der Waals surface area contributed by atoms with Gasteiger partial charge in [-0.25, -0.2) is 0 Å². The number of carbonyl (C=O) groups excluding carboxylic acids is 1. The van der Waals surface area contributed by atoms with Crippen LogP contribution >= 0.6 is 0 Å². The number of methoxy groups -OCH3 is 1. The highest BCUT2D eigenvalue weighted by Gasteiger charge is 2.42. The van der Waals surface area contributed by atoms with Crippen LogP contribution in [0, 0.1) is 12.8 Å². The molecule has 0 saturated carbocycles. The molecule has 0 aromatic heterocycles. The minimum atomic E-state index is -0.0685. The Kier molecular flexibility index (Phi) is 5.60. The van der Waals surface area contributed by atoms with Crippen molar-refractivity contribution in [1.29, 1.82) is 0 Å². The summed E-state index contributed by atoms with van der Waals surface area (Å²) < 4.78 is 5.46. The molecule has 2 aromatic carbocycles. The van der Waals surface area contributed by atoms with E-state index < -0.39 is 0 Å². The summed E-state index contributed by atoms with van der Waals surface area (Å²) in [6.07, 6.45) is 8.68. The van der Waals surface area contributed by atoms with E-state index in [1.165, 1.54) is 28.0 Å². The van der Waals surface area contributed by atoms with E-state index >= 15 is 0 Å². The van der Waals surface area contributed by atoms with Gasteiger partial charge in [-0.2, -0.15) is 0 Å². The minimum absolute atomic E-state index is 0.0685. The highest BCUT2D eigenvalue weighted by Crippen LogP contribution is 2.44. The second kappa shape index (κ2) is 8.70. The molecule has 3 atom stereocenters. The Bertz CT molecular complexity index is 1080. The molecule has 0 bridgehead atoms. The van der Waals surface area contributed by atoms with Gasteiger partial charge in [-0.15, -0.1) is 0 Å². The van der Waals surface area contributed by atoms with Crippen molar-refractivity contribution in [3.05, 3.63) is 107 Å². The zero-order chi connectivity index (χ0) is 22.1. The van der Waals surface area contributed by atoms with Crippen LogP contribution in [-0.2, 0) is 16.0 Å². The summed E-state index contributed by atoms with van der Waals surface area (Å²) in [6, 6.07) is 19.0. The molecular weight excluding hydrogens is 396 g/mol. The Balaban J connectivity index is 1.44. The van der Waals surface area contributed by atoms with Crippen molar-refractivity contribution in [3.63, 3.8) is 0 Å². The van der Waals surface area contributed by atoms with Crippen LogP contribution in [0.5, 0.6) is 0 Å². The minimum Gasteiger partial charge on any atom is -0.497 e.